The van der Waals surface area contributed by atoms with Crippen LogP contribution in [0.25, 0.3) is 0 Å². The third-order valence-corrected chi connectivity index (χ3v) is 3.69. The van der Waals surface area contributed by atoms with Crippen molar-refractivity contribution in [3.63, 3.8) is 0 Å². The van der Waals surface area contributed by atoms with Crippen LogP contribution in [0.5, 0.6) is 5.75 Å². The second-order valence-corrected chi connectivity index (χ2v) is 4.72. The first kappa shape index (κ1) is 10.4. The molecule has 1 heterocycles. The highest BCUT2D eigenvalue weighted by atomic mass is 16.5. The number of ether oxygens (including phenoxy) is 1. The summed E-state index contributed by atoms with van der Waals surface area (Å²) in [6.07, 6.45) is 2.70. The normalized spacial score (nSPS) is 20.6. The van der Waals surface area contributed by atoms with E-state index in [0.717, 1.165) is 24.2 Å². The molecule has 1 aliphatic heterocycles. The minimum Gasteiger partial charge on any atom is -0.469 e. The average molecular weight is 233 g/mol. The summed E-state index contributed by atoms with van der Waals surface area (Å²) < 4.78 is 5.82. The van der Waals surface area contributed by atoms with Crippen LogP contribution < -0.4 is 4.74 Å². The van der Waals surface area contributed by atoms with Crippen molar-refractivity contribution in [1.29, 1.82) is 0 Å². The lowest BCUT2D eigenvalue weighted by Crippen LogP contribution is -2.38. The SMILES string of the molecule is CN(C(=O)O)C1Cc2ccc3c(c2O1)CCC3. The van der Waals surface area contributed by atoms with Gasteiger partial charge in [-0.2, -0.15) is 0 Å². The molecule has 0 fully saturated rings. The lowest BCUT2D eigenvalue weighted by Gasteiger charge is -2.20. The van der Waals surface area contributed by atoms with Crippen LogP contribution in [-0.4, -0.2) is 29.4 Å². The lowest BCUT2D eigenvalue weighted by molar-refractivity contribution is 0.0603. The average Bonchev–Trinajstić information content (AvgIpc) is 2.92. The summed E-state index contributed by atoms with van der Waals surface area (Å²) in [5, 5.41) is 8.96. The Labute approximate surface area is 99.8 Å². The van der Waals surface area contributed by atoms with Gasteiger partial charge in [0.05, 0.1) is 0 Å². The van der Waals surface area contributed by atoms with Crippen molar-refractivity contribution in [2.24, 2.45) is 0 Å². The van der Waals surface area contributed by atoms with Gasteiger partial charge < -0.3 is 9.84 Å². The lowest BCUT2D eigenvalue weighted by atomic mass is 10.0. The van der Waals surface area contributed by atoms with Crippen LogP contribution in [0.15, 0.2) is 12.1 Å². The van der Waals surface area contributed by atoms with Crippen molar-refractivity contribution in [1.82, 2.24) is 4.90 Å². The van der Waals surface area contributed by atoms with Crippen molar-refractivity contribution in [3.05, 3.63) is 28.8 Å². The van der Waals surface area contributed by atoms with Gasteiger partial charge in [-0.25, -0.2) is 4.79 Å². The van der Waals surface area contributed by atoms with Crippen molar-refractivity contribution in [2.75, 3.05) is 7.05 Å². The summed E-state index contributed by atoms with van der Waals surface area (Å²) in [4.78, 5) is 12.2. The molecular weight excluding hydrogens is 218 g/mol. The van der Waals surface area contributed by atoms with Gasteiger partial charge in [-0.3, -0.25) is 4.90 Å². The molecule has 1 amide bonds. The maximum absolute atomic E-state index is 10.9. The van der Waals surface area contributed by atoms with E-state index in [9.17, 15) is 4.79 Å². The molecular formula is C13H15NO3. The number of amides is 1. The molecule has 3 rings (SSSR count). The topological polar surface area (TPSA) is 49.8 Å². The zero-order valence-electron chi connectivity index (χ0n) is 9.77. The summed E-state index contributed by atoms with van der Waals surface area (Å²) >= 11 is 0. The van der Waals surface area contributed by atoms with E-state index in [1.807, 2.05) is 0 Å². The first-order valence-corrected chi connectivity index (χ1v) is 5.93. The highest BCUT2D eigenvalue weighted by Crippen LogP contribution is 2.39. The quantitative estimate of drug-likeness (QED) is 0.807. The molecule has 0 radical (unpaired) electrons. The molecule has 90 valence electrons. The Morgan fingerprint density at radius 2 is 2.18 bits per heavy atom. The Balaban J connectivity index is 1.91. The van der Waals surface area contributed by atoms with E-state index in [1.165, 1.54) is 22.4 Å². The van der Waals surface area contributed by atoms with Gasteiger partial charge in [0.1, 0.15) is 5.75 Å². The number of nitrogens with zero attached hydrogens (tertiary/aromatic N) is 1. The molecule has 0 saturated carbocycles. The third kappa shape index (κ3) is 1.55. The van der Waals surface area contributed by atoms with E-state index in [1.54, 1.807) is 7.05 Å². The molecule has 0 aromatic heterocycles. The number of hydrogen-bond acceptors (Lipinski definition) is 2. The fourth-order valence-corrected chi connectivity index (χ4v) is 2.69. The molecule has 0 saturated heterocycles. The van der Waals surface area contributed by atoms with Crippen LogP contribution in [-0.2, 0) is 19.3 Å². The second-order valence-electron chi connectivity index (χ2n) is 4.72. The number of benzene rings is 1. The van der Waals surface area contributed by atoms with Crippen LogP contribution >= 0.6 is 0 Å². The number of fused-ring (bicyclic) bond motifs is 3. The standard InChI is InChI=1S/C13H15NO3/c1-14(13(15)16)11-7-9-6-5-8-3-2-4-10(8)12(9)17-11/h5-6,11H,2-4,7H2,1H3,(H,15,16). The predicted molar refractivity (Wildman–Crippen MR) is 62.4 cm³/mol. The number of hydrogen-bond donors (Lipinski definition) is 1. The van der Waals surface area contributed by atoms with E-state index in [2.05, 4.69) is 12.1 Å². The molecule has 4 heteroatoms. The van der Waals surface area contributed by atoms with Crippen LogP contribution in [0.3, 0.4) is 0 Å². The molecule has 17 heavy (non-hydrogen) atoms. The van der Waals surface area contributed by atoms with Gasteiger partial charge in [-0.1, -0.05) is 12.1 Å². The molecule has 1 atom stereocenters. The van der Waals surface area contributed by atoms with E-state index < -0.39 is 6.09 Å². The van der Waals surface area contributed by atoms with Crippen LogP contribution in [0.2, 0.25) is 0 Å². The van der Waals surface area contributed by atoms with Crippen LogP contribution in [0, 0.1) is 0 Å². The number of carboxylic acid groups (broad SMARTS) is 1. The predicted octanol–water partition coefficient (Wildman–Crippen LogP) is 2.05. The smallest absolute Gasteiger partial charge is 0.409 e. The minimum atomic E-state index is -0.945. The highest BCUT2D eigenvalue weighted by Gasteiger charge is 2.32. The Morgan fingerprint density at radius 1 is 1.41 bits per heavy atom. The van der Waals surface area contributed by atoms with Crippen molar-refractivity contribution >= 4 is 6.09 Å². The molecule has 1 aromatic rings. The van der Waals surface area contributed by atoms with E-state index in [-0.39, 0.29) is 6.23 Å². The molecule has 0 bridgehead atoms. The van der Waals surface area contributed by atoms with Gasteiger partial charge in [-0.15, -0.1) is 0 Å². The summed E-state index contributed by atoms with van der Waals surface area (Å²) in [5.41, 5.74) is 3.80. The third-order valence-electron chi connectivity index (χ3n) is 3.69. The summed E-state index contributed by atoms with van der Waals surface area (Å²) in [6.45, 7) is 0. The largest absolute Gasteiger partial charge is 0.469 e. The van der Waals surface area contributed by atoms with E-state index >= 15 is 0 Å². The minimum absolute atomic E-state index is 0.366. The number of likely N-dealkylation sites (N-methyl/N-ethyl adjacent to an activating group) is 1. The van der Waals surface area contributed by atoms with Gasteiger partial charge in [0.15, 0.2) is 6.23 Å². The number of aryl methyl sites for hydroxylation is 1. The molecule has 1 aliphatic carbocycles. The maximum Gasteiger partial charge on any atom is 0.409 e. The van der Waals surface area contributed by atoms with Crippen molar-refractivity contribution in [2.45, 2.75) is 31.9 Å². The second kappa shape index (κ2) is 3.65. The first-order valence-electron chi connectivity index (χ1n) is 5.93. The van der Waals surface area contributed by atoms with Crippen LogP contribution in [0.1, 0.15) is 23.1 Å². The van der Waals surface area contributed by atoms with Crippen molar-refractivity contribution < 1.29 is 14.6 Å². The monoisotopic (exact) mass is 233 g/mol. The Kier molecular flexibility index (Phi) is 2.24. The zero-order valence-corrected chi connectivity index (χ0v) is 9.77. The molecule has 4 nitrogen and oxygen atoms in total. The first-order chi connectivity index (χ1) is 8.16. The molecule has 0 spiro atoms. The van der Waals surface area contributed by atoms with Gasteiger partial charge in [-0.05, 0) is 30.4 Å². The molecule has 2 aliphatic rings. The summed E-state index contributed by atoms with van der Waals surface area (Å²) in [6, 6.07) is 4.24. The maximum atomic E-state index is 10.9. The Bertz CT molecular complexity index is 484. The summed E-state index contributed by atoms with van der Waals surface area (Å²) in [5.74, 6) is 0.943. The van der Waals surface area contributed by atoms with Crippen LogP contribution in [0.4, 0.5) is 4.79 Å². The fraction of sp³-hybridized carbons (Fsp3) is 0.462. The van der Waals surface area contributed by atoms with Gasteiger partial charge in [0, 0.05) is 19.0 Å². The van der Waals surface area contributed by atoms with Crippen molar-refractivity contribution in [3.8, 4) is 5.75 Å². The number of rotatable bonds is 1. The Morgan fingerprint density at radius 3 is 2.94 bits per heavy atom. The summed E-state index contributed by atoms with van der Waals surface area (Å²) in [7, 11) is 1.55. The van der Waals surface area contributed by atoms with Gasteiger partial charge in [0.25, 0.3) is 0 Å². The number of carbonyl (C=O) groups is 1. The van der Waals surface area contributed by atoms with E-state index in [4.69, 9.17) is 9.84 Å². The highest BCUT2D eigenvalue weighted by molar-refractivity contribution is 5.65. The zero-order chi connectivity index (χ0) is 12.0. The fourth-order valence-electron chi connectivity index (χ4n) is 2.69. The molecule has 1 N–H and O–H groups in total. The Hall–Kier alpha value is -1.71. The molecule has 1 unspecified atom stereocenters. The van der Waals surface area contributed by atoms with E-state index in [0.29, 0.717) is 6.42 Å². The van der Waals surface area contributed by atoms with Gasteiger partial charge >= 0.3 is 6.09 Å². The van der Waals surface area contributed by atoms with Gasteiger partial charge in [0.2, 0.25) is 0 Å². The molecule has 1 aromatic carbocycles.